The molecule has 0 aliphatic rings. The summed E-state index contributed by atoms with van der Waals surface area (Å²) in [5.41, 5.74) is 0. The van der Waals surface area contributed by atoms with E-state index in [-0.39, 0.29) is 51.5 Å². The first-order valence-electron chi connectivity index (χ1n) is 2.30. The van der Waals surface area contributed by atoms with Crippen LogP contribution in [0, 0.1) is 0 Å². The third-order valence-corrected chi connectivity index (χ3v) is 4.16. The Labute approximate surface area is 100 Å². The summed E-state index contributed by atoms with van der Waals surface area (Å²) in [5.74, 6) is 0. The van der Waals surface area contributed by atoms with E-state index in [1.54, 1.807) is 0 Å². The molecule has 0 aliphatic carbocycles. The minimum atomic E-state index is -4.64. The Morgan fingerprint density at radius 3 is 1.73 bits per heavy atom. The van der Waals surface area contributed by atoms with Gasteiger partial charge in [-0.2, -0.15) is 0 Å². The van der Waals surface area contributed by atoms with Crippen LogP contribution in [0.3, 0.4) is 0 Å². The molecule has 0 aromatic heterocycles. The van der Waals surface area contributed by atoms with Crippen molar-refractivity contribution in [2.45, 2.75) is 0 Å². The van der Waals surface area contributed by atoms with Crippen molar-refractivity contribution in [2.75, 3.05) is 6.61 Å². The summed E-state index contributed by atoms with van der Waals surface area (Å²) >= 11 is -0.0304. The zero-order valence-electron chi connectivity index (χ0n) is 5.43. The van der Waals surface area contributed by atoms with E-state index in [0.717, 1.165) is 0 Å². The van der Waals surface area contributed by atoms with Crippen LogP contribution in [0.1, 0.15) is 0 Å². The fraction of sp³-hybridized carbons (Fsp3) is 0.500. The first-order chi connectivity index (χ1) is 4.41. The van der Waals surface area contributed by atoms with E-state index in [1.807, 2.05) is 3.71 Å². The van der Waals surface area contributed by atoms with Crippen LogP contribution in [0.4, 0.5) is 0 Å². The maximum atomic E-state index is 8.88. The molecule has 63 valence electrons. The van der Waals surface area contributed by atoms with Crippen molar-refractivity contribution in [1.82, 2.24) is 0 Å². The van der Waals surface area contributed by atoms with E-state index < -0.39 is 7.82 Å². The van der Waals surface area contributed by atoms with Gasteiger partial charge in [0.2, 0.25) is 0 Å². The predicted octanol–water partition coefficient (Wildman–Crippen LogP) is -3.43. The van der Waals surface area contributed by atoms with E-state index >= 15 is 0 Å². The second kappa shape index (κ2) is 12.0. The summed E-state index contributed by atoms with van der Waals surface area (Å²) in [6.07, 6.45) is 0. The molecule has 0 amide bonds. The fourth-order valence-corrected chi connectivity index (χ4v) is 1.62. The van der Waals surface area contributed by atoms with Gasteiger partial charge >= 0.3 is 82.1 Å². The van der Waals surface area contributed by atoms with Gasteiger partial charge in [-0.3, -0.25) is 0 Å². The van der Waals surface area contributed by atoms with Gasteiger partial charge in [-0.05, 0) is 0 Å². The number of rotatable bonds is 1. The van der Waals surface area contributed by atoms with Crippen molar-refractivity contribution in [3.05, 3.63) is 0 Å². The molecule has 11 heavy (non-hydrogen) atoms. The van der Waals surface area contributed by atoms with Crippen LogP contribution in [0.25, 0.3) is 0 Å². The van der Waals surface area contributed by atoms with Gasteiger partial charge in [-0.1, -0.05) is 0 Å². The summed E-state index contributed by atoms with van der Waals surface area (Å²) in [4.78, 5) is 21.6. The van der Waals surface area contributed by atoms with Gasteiger partial charge in [0.25, 0.3) is 0 Å². The van der Waals surface area contributed by atoms with E-state index in [0.29, 0.717) is 6.61 Å². The van der Waals surface area contributed by atoms with Crippen LogP contribution < -0.4 is 0 Å². The quantitative estimate of drug-likeness (QED) is 0.297. The molecule has 0 rings (SSSR count). The van der Waals surface area contributed by atoms with Crippen LogP contribution in [-0.4, -0.2) is 67.0 Å². The predicted molar refractivity (Wildman–Crippen MR) is 44.5 cm³/mol. The second-order valence-electron chi connectivity index (χ2n) is 1.19. The fourth-order valence-electron chi connectivity index (χ4n) is 0.0913. The standard InChI is InChI=1S/C2H4O.Na.H3O4P.H3Si.Zr.H/c1-2-3;;1-5(2,3)4;;;/h1,3H,2H2;;(H3,1,2,3,4);1H3;;. The number of phosphoric acid groups is 1. The molecule has 0 unspecified atom stereocenters. The van der Waals surface area contributed by atoms with Crippen LogP contribution in [0.2, 0.25) is 0 Å². The molecule has 0 spiro atoms. The Kier molecular flexibility index (Phi) is 20.5. The van der Waals surface area contributed by atoms with Crippen molar-refractivity contribution >= 4 is 48.5 Å². The topological polar surface area (TPSA) is 98.0 Å². The Morgan fingerprint density at radius 2 is 1.73 bits per heavy atom. The molecule has 4 N–H and O–H groups in total. The van der Waals surface area contributed by atoms with Crippen molar-refractivity contribution in [2.24, 2.45) is 0 Å². The Bertz CT molecular complexity index is 128. The minimum absolute atomic E-state index is 0. The zero-order valence-corrected chi connectivity index (χ0v) is 10.8. The maximum absolute atomic E-state index is 8.88. The molecule has 0 saturated heterocycles. The second-order valence-corrected chi connectivity index (χ2v) is 8.05. The molecule has 5 nitrogen and oxygen atoms in total. The Morgan fingerprint density at radius 1 is 1.45 bits per heavy atom. The molecule has 0 heterocycles. The Hall–Kier alpha value is 2.04. The normalized spacial score (nSPS) is 9.45. The van der Waals surface area contributed by atoms with Crippen molar-refractivity contribution in [1.29, 1.82) is 0 Å². The van der Waals surface area contributed by atoms with Gasteiger partial charge in [0.05, 0.1) is 0 Å². The van der Waals surface area contributed by atoms with E-state index in [4.69, 9.17) is 24.4 Å². The Balaban J connectivity index is -0.000000107. The van der Waals surface area contributed by atoms with Gasteiger partial charge in [0.1, 0.15) is 0 Å². The first-order valence-corrected chi connectivity index (χ1v) is 13.7. The van der Waals surface area contributed by atoms with Crippen LogP contribution in [0.5, 0.6) is 0 Å². The molecule has 0 bridgehead atoms. The molecule has 0 aliphatic heterocycles. The average molecular weight is 288 g/mol. The van der Waals surface area contributed by atoms with Crippen LogP contribution >= 0.6 is 7.82 Å². The van der Waals surface area contributed by atoms with Gasteiger partial charge in [0.15, 0.2) is 0 Å². The van der Waals surface area contributed by atoms with Crippen LogP contribution in [-0.2, 0) is 26.5 Å². The number of hydrogen-bond acceptors (Lipinski definition) is 2. The van der Waals surface area contributed by atoms with Gasteiger partial charge in [-0.15, -0.1) is 0 Å². The first kappa shape index (κ1) is 18.8. The number of aliphatic hydroxyl groups excluding tert-OH is 1. The third-order valence-electron chi connectivity index (χ3n) is 0.295. The summed E-state index contributed by atoms with van der Waals surface area (Å²) in [7, 11) is -3.29. The van der Waals surface area contributed by atoms with Gasteiger partial charge in [0, 0.05) is 0 Å². The van der Waals surface area contributed by atoms with Gasteiger partial charge in [-0.25, -0.2) is 4.57 Å². The molecule has 0 fully saturated rings. The van der Waals surface area contributed by atoms with E-state index in [1.165, 1.54) is 7.37 Å². The monoisotopic (exact) mass is 287 g/mol. The van der Waals surface area contributed by atoms with Crippen molar-refractivity contribution in [3.63, 3.8) is 0 Å². The summed E-state index contributed by atoms with van der Waals surface area (Å²) in [6.45, 7) is 0.329. The summed E-state index contributed by atoms with van der Waals surface area (Å²) in [5, 5.41) is 8.08. The van der Waals surface area contributed by atoms with E-state index in [9.17, 15) is 0 Å². The molecule has 9 heteroatoms. The van der Waals surface area contributed by atoms with Gasteiger partial charge < -0.3 is 14.7 Å². The molecule has 0 saturated carbocycles. The molecule has 0 radical (unpaired) electrons. The third kappa shape index (κ3) is 74.4. The van der Waals surface area contributed by atoms with Crippen molar-refractivity contribution in [3.8, 4) is 0 Å². The van der Waals surface area contributed by atoms with Crippen LogP contribution in [0.15, 0.2) is 0 Å². The molecule has 0 aromatic rings. The molecular weight excluding hydrogens is 277 g/mol. The molecular formula is C2H11NaO5PSiZr. The number of aliphatic hydroxyl groups is 1. The molecule has 0 atom stereocenters. The number of hydrogen-bond donors (Lipinski definition) is 4. The van der Waals surface area contributed by atoms with E-state index in [2.05, 4.69) is 0 Å². The summed E-state index contributed by atoms with van der Waals surface area (Å²) < 4.78 is 10.9. The zero-order chi connectivity index (χ0) is 8.62. The average Bonchev–Trinajstić information content (AvgIpc) is 1.63. The molecule has 0 aromatic carbocycles. The SMILES string of the molecule is O=P(O)(O)O.OC[CH]=[Zr][SiH3].[NaH]. The summed E-state index contributed by atoms with van der Waals surface area (Å²) in [6, 6.07) is 0. The van der Waals surface area contributed by atoms with Crippen molar-refractivity contribution < 1.29 is 46.3 Å².